The summed E-state index contributed by atoms with van der Waals surface area (Å²) in [5.74, 6) is 0. The first-order chi connectivity index (χ1) is 9.11. The van der Waals surface area contributed by atoms with Crippen LogP contribution in [-0.2, 0) is 0 Å². The zero-order valence-electron chi connectivity index (χ0n) is 11.4. The van der Waals surface area contributed by atoms with Gasteiger partial charge in [0.2, 0.25) is 0 Å². The summed E-state index contributed by atoms with van der Waals surface area (Å²) >= 11 is 7.90. The van der Waals surface area contributed by atoms with Crippen LogP contribution in [-0.4, -0.2) is 6.26 Å². The normalized spacial score (nSPS) is 12.2. The van der Waals surface area contributed by atoms with Gasteiger partial charge in [0.1, 0.15) is 0 Å². The Hall–Kier alpha value is -1.12. The Morgan fingerprint density at radius 2 is 1.79 bits per heavy atom. The van der Waals surface area contributed by atoms with Crippen LogP contribution in [0.2, 0.25) is 5.02 Å². The van der Waals surface area contributed by atoms with Gasteiger partial charge in [-0.15, -0.1) is 11.8 Å². The number of anilines is 1. The van der Waals surface area contributed by atoms with Crippen LogP contribution < -0.4 is 5.32 Å². The van der Waals surface area contributed by atoms with Gasteiger partial charge in [-0.05, 0) is 55.5 Å². The number of nitrogens with one attached hydrogen (secondary N) is 1. The van der Waals surface area contributed by atoms with Gasteiger partial charge in [0, 0.05) is 21.6 Å². The zero-order chi connectivity index (χ0) is 13.8. The Bertz CT molecular complexity index is 551. The molecule has 1 nitrogen and oxygen atoms in total. The monoisotopic (exact) mass is 291 g/mol. The van der Waals surface area contributed by atoms with Gasteiger partial charge in [-0.2, -0.15) is 0 Å². The molecule has 100 valence electrons. The van der Waals surface area contributed by atoms with Crippen molar-refractivity contribution in [3.05, 3.63) is 58.6 Å². The molecule has 0 radical (unpaired) electrons. The molecule has 2 aromatic rings. The third kappa shape index (κ3) is 3.46. The van der Waals surface area contributed by atoms with Crippen LogP contribution in [0.15, 0.2) is 47.4 Å². The van der Waals surface area contributed by atoms with Crippen LogP contribution in [0.1, 0.15) is 24.1 Å². The minimum atomic E-state index is 0.257. The molecule has 0 fully saturated rings. The smallest absolute Gasteiger partial charge is 0.0485 e. The number of benzene rings is 2. The fourth-order valence-corrected chi connectivity index (χ4v) is 2.56. The fraction of sp³-hybridized carbons (Fsp3) is 0.250. The van der Waals surface area contributed by atoms with E-state index < -0.39 is 0 Å². The molecule has 0 aliphatic carbocycles. The minimum absolute atomic E-state index is 0.257. The number of rotatable bonds is 4. The van der Waals surface area contributed by atoms with Gasteiger partial charge in [-0.1, -0.05) is 29.8 Å². The predicted octanol–water partition coefficient (Wildman–Crippen LogP) is 5.54. The third-order valence-corrected chi connectivity index (χ3v) is 4.41. The number of thioether (sulfide) groups is 1. The van der Waals surface area contributed by atoms with E-state index in [1.54, 1.807) is 11.8 Å². The van der Waals surface area contributed by atoms with Crippen molar-refractivity contribution in [1.29, 1.82) is 0 Å². The van der Waals surface area contributed by atoms with E-state index in [1.807, 2.05) is 19.1 Å². The molecule has 1 N–H and O–H groups in total. The highest BCUT2D eigenvalue weighted by atomic mass is 35.5. The largest absolute Gasteiger partial charge is 0.378 e. The van der Waals surface area contributed by atoms with E-state index in [0.717, 1.165) is 16.3 Å². The van der Waals surface area contributed by atoms with Crippen molar-refractivity contribution in [2.75, 3.05) is 11.6 Å². The molecule has 2 aromatic carbocycles. The molecule has 0 heterocycles. The summed E-state index contributed by atoms with van der Waals surface area (Å²) in [6, 6.07) is 14.9. The Balaban J connectivity index is 2.15. The maximum Gasteiger partial charge on any atom is 0.0485 e. The highest BCUT2D eigenvalue weighted by molar-refractivity contribution is 7.98. The molecule has 0 aromatic heterocycles. The SMILES string of the molecule is CSc1ccc(C(C)Nc2cccc(Cl)c2C)cc1. The van der Waals surface area contributed by atoms with Crippen LogP contribution in [0, 0.1) is 6.92 Å². The molecule has 0 bridgehead atoms. The summed E-state index contributed by atoms with van der Waals surface area (Å²) in [5, 5.41) is 4.31. The van der Waals surface area contributed by atoms with Crippen LogP contribution in [0.3, 0.4) is 0 Å². The van der Waals surface area contributed by atoms with Crippen molar-refractivity contribution < 1.29 is 0 Å². The average Bonchev–Trinajstić information content (AvgIpc) is 2.44. The molecular weight excluding hydrogens is 274 g/mol. The molecule has 3 heteroatoms. The average molecular weight is 292 g/mol. The summed E-state index contributed by atoms with van der Waals surface area (Å²) in [6.07, 6.45) is 2.09. The van der Waals surface area contributed by atoms with E-state index in [4.69, 9.17) is 11.6 Å². The van der Waals surface area contributed by atoms with E-state index in [9.17, 15) is 0 Å². The van der Waals surface area contributed by atoms with Crippen molar-refractivity contribution in [2.24, 2.45) is 0 Å². The van der Waals surface area contributed by atoms with Crippen LogP contribution >= 0.6 is 23.4 Å². The Morgan fingerprint density at radius 1 is 1.11 bits per heavy atom. The number of halogens is 1. The van der Waals surface area contributed by atoms with Gasteiger partial charge >= 0.3 is 0 Å². The second-order valence-corrected chi connectivity index (χ2v) is 5.84. The topological polar surface area (TPSA) is 12.0 Å². The van der Waals surface area contributed by atoms with Crippen LogP contribution in [0.5, 0.6) is 0 Å². The Labute approximate surface area is 124 Å². The number of hydrogen-bond acceptors (Lipinski definition) is 2. The highest BCUT2D eigenvalue weighted by Crippen LogP contribution is 2.27. The van der Waals surface area contributed by atoms with E-state index in [-0.39, 0.29) is 6.04 Å². The fourth-order valence-electron chi connectivity index (χ4n) is 1.97. The third-order valence-electron chi connectivity index (χ3n) is 3.26. The lowest BCUT2D eigenvalue weighted by Gasteiger charge is -2.18. The first-order valence-electron chi connectivity index (χ1n) is 6.27. The first kappa shape index (κ1) is 14.3. The van der Waals surface area contributed by atoms with Crippen molar-refractivity contribution in [1.82, 2.24) is 0 Å². The zero-order valence-corrected chi connectivity index (χ0v) is 13.0. The predicted molar refractivity (Wildman–Crippen MR) is 86.4 cm³/mol. The molecule has 0 saturated carbocycles. The van der Waals surface area contributed by atoms with Gasteiger partial charge in [-0.25, -0.2) is 0 Å². The molecular formula is C16H18ClNS. The molecule has 0 amide bonds. The van der Waals surface area contributed by atoms with Gasteiger partial charge in [0.15, 0.2) is 0 Å². The van der Waals surface area contributed by atoms with Gasteiger partial charge < -0.3 is 5.32 Å². The lowest BCUT2D eigenvalue weighted by atomic mass is 10.1. The summed E-state index contributed by atoms with van der Waals surface area (Å²) < 4.78 is 0. The van der Waals surface area contributed by atoms with Crippen molar-refractivity contribution in [2.45, 2.75) is 24.8 Å². The van der Waals surface area contributed by atoms with E-state index >= 15 is 0 Å². The van der Waals surface area contributed by atoms with E-state index in [2.05, 4.69) is 48.8 Å². The lowest BCUT2D eigenvalue weighted by Crippen LogP contribution is -2.07. The molecule has 0 aliphatic rings. The van der Waals surface area contributed by atoms with Crippen LogP contribution in [0.4, 0.5) is 5.69 Å². The summed E-state index contributed by atoms with van der Waals surface area (Å²) in [4.78, 5) is 1.29. The molecule has 0 spiro atoms. The Kier molecular flexibility index (Phi) is 4.78. The minimum Gasteiger partial charge on any atom is -0.378 e. The van der Waals surface area contributed by atoms with Gasteiger partial charge in [0.25, 0.3) is 0 Å². The number of hydrogen-bond donors (Lipinski definition) is 1. The molecule has 1 atom stereocenters. The maximum absolute atomic E-state index is 6.14. The quantitative estimate of drug-likeness (QED) is 0.742. The van der Waals surface area contributed by atoms with Gasteiger partial charge in [0.05, 0.1) is 0 Å². The Morgan fingerprint density at radius 3 is 2.42 bits per heavy atom. The van der Waals surface area contributed by atoms with Crippen LogP contribution in [0.25, 0.3) is 0 Å². The maximum atomic E-state index is 6.14. The summed E-state index contributed by atoms with van der Waals surface area (Å²) in [5.41, 5.74) is 3.46. The molecule has 1 unspecified atom stereocenters. The molecule has 0 saturated heterocycles. The lowest BCUT2D eigenvalue weighted by molar-refractivity contribution is 0.880. The molecule has 2 rings (SSSR count). The second kappa shape index (κ2) is 6.36. The van der Waals surface area contributed by atoms with E-state index in [1.165, 1.54) is 10.5 Å². The second-order valence-electron chi connectivity index (χ2n) is 4.55. The standard InChI is InChI=1S/C16H18ClNS/c1-11-15(17)5-4-6-16(11)18-12(2)13-7-9-14(19-3)10-8-13/h4-10,12,18H,1-3H3. The highest BCUT2D eigenvalue weighted by Gasteiger charge is 2.08. The van der Waals surface area contributed by atoms with E-state index in [0.29, 0.717) is 0 Å². The summed E-state index contributed by atoms with van der Waals surface area (Å²) in [6.45, 7) is 4.20. The molecule has 19 heavy (non-hydrogen) atoms. The van der Waals surface area contributed by atoms with Crippen molar-refractivity contribution >= 4 is 29.1 Å². The summed E-state index contributed by atoms with van der Waals surface area (Å²) in [7, 11) is 0. The van der Waals surface area contributed by atoms with Gasteiger partial charge in [-0.3, -0.25) is 0 Å². The van der Waals surface area contributed by atoms with Crippen molar-refractivity contribution in [3.8, 4) is 0 Å². The first-order valence-corrected chi connectivity index (χ1v) is 7.87. The van der Waals surface area contributed by atoms with Crippen molar-refractivity contribution in [3.63, 3.8) is 0 Å². The molecule has 0 aliphatic heterocycles.